The van der Waals surface area contributed by atoms with Gasteiger partial charge in [0.1, 0.15) is 41.3 Å². The van der Waals surface area contributed by atoms with Crippen molar-refractivity contribution in [1.29, 1.82) is 0 Å². The molecule has 1 saturated heterocycles. The third-order valence-electron chi connectivity index (χ3n) is 11.3. The molecule has 2 aromatic rings. The van der Waals surface area contributed by atoms with Crippen molar-refractivity contribution in [3.05, 3.63) is 36.5 Å². The lowest BCUT2D eigenvalue weighted by Crippen LogP contribution is -2.60. The summed E-state index contributed by atoms with van der Waals surface area (Å²) in [6.45, 7) is 9.18. The number of ether oxygens (including phenoxy) is 3. The van der Waals surface area contributed by atoms with Gasteiger partial charge in [-0.05, 0) is 68.4 Å². The summed E-state index contributed by atoms with van der Waals surface area (Å²) in [6, 6.07) is 3.20. The highest BCUT2D eigenvalue weighted by Gasteiger charge is 2.62. The van der Waals surface area contributed by atoms with Crippen LogP contribution in [0, 0.1) is 17.3 Å². The van der Waals surface area contributed by atoms with Gasteiger partial charge in [-0.3, -0.25) is 19.1 Å². The minimum atomic E-state index is -3.90. The van der Waals surface area contributed by atoms with Crippen LogP contribution in [0.15, 0.2) is 30.9 Å². The van der Waals surface area contributed by atoms with E-state index in [-0.39, 0.29) is 31.4 Å². The van der Waals surface area contributed by atoms with Crippen LogP contribution in [0.1, 0.15) is 84.3 Å². The first-order chi connectivity index (χ1) is 25.6. The van der Waals surface area contributed by atoms with Crippen LogP contribution >= 0.6 is 0 Å². The Bertz CT molecular complexity index is 1960. The van der Waals surface area contributed by atoms with E-state index in [1.165, 1.54) is 11.0 Å². The van der Waals surface area contributed by atoms with Crippen molar-refractivity contribution < 1.29 is 41.8 Å². The molecule has 4 fully saturated rings. The number of aromatic nitrogens is 2. The summed E-state index contributed by atoms with van der Waals surface area (Å²) in [5.41, 5.74) is -0.451. The van der Waals surface area contributed by atoms with Crippen molar-refractivity contribution in [3.63, 3.8) is 0 Å². The number of nitrogens with zero attached hydrogens (tertiary/aromatic N) is 3. The first-order valence-electron chi connectivity index (χ1n) is 18.9. The molecule has 2 aliphatic heterocycles. The molecule has 7 rings (SSSR count). The molecule has 3 aliphatic carbocycles. The van der Waals surface area contributed by atoms with Crippen LogP contribution in [0.25, 0.3) is 11.0 Å². The summed E-state index contributed by atoms with van der Waals surface area (Å²) >= 11 is 0. The maximum Gasteiger partial charge on any atom is 0.408 e. The number of alkyl carbamates (subject to hydrolysis) is 1. The van der Waals surface area contributed by atoms with Gasteiger partial charge >= 0.3 is 6.09 Å². The van der Waals surface area contributed by atoms with Gasteiger partial charge in [0.25, 0.3) is 5.91 Å². The molecule has 54 heavy (non-hydrogen) atoms. The van der Waals surface area contributed by atoms with Crippen molar-refractivity contribution in [3.8, 4) is 11.6 Å². The lowest BCUT2D eigenvalue weighted by molar-refractivity contribution is -0.142. The number of aryl methyl sites for hydroxylation is 1. The molecule has 7 atom stereocenters. The lowest BCUT2D eigenvalue weighted by Gasteiger charge is -2.35. The number of fused-ring (bicyclic) bond motifs is 5. The summed E-state index contributed by atoms with van der Waals surface area (Å²) in [5.74, 6) is -1.39. The Balaban J connectivity index is 1.22. The first kappa shape index (κ1) is 37.8. The Labute approximate surface area is 315 Å². The molecule has 5 aliphatic rings. The molecular weight excluding hydrogens is 717 g/mol. The van der Waals surface area contributed by atoms with Crippen molar-refractivity contribution in [1.82, 2.24) is 30.2 Å². The van der Waals surface area contributed by atoms with Crippen LogP contribution in [-0.2, 0) is 35.6 Å². The van der Waals surface area contributed by atoms with Crippen LogP contribution in [0.5, 0.6) is 11.6 Å². The number of benzene rings is 1. The fourth-order valence-electron chi connectivity index (χ4n) is 7.64. The summed E-state index contributed by atoms with van der Waals surface area (Å²) in [4.78, 5) is 66.8. The number of sulfonamides is 1. The average molecular weight is 767 g/mol. The van der Waals surface area contributed by atoms with Gasteiger partial charge in [-0.15, -0.1) is 6.58 Å². The van der Waals surface area contributed by atoms with Crippen LogP contribution in [-0.4, -0.2) is 95.8 Å². The zero-order chi connectivity index (χ0) is 38.6. The van der Waals surface area contributed by atoms with Gasteiger partial charge < -0.3 is 29.7 Å². The molecule has 4 amide bonds. The molecule has 0 unspecified atom stereocenters. The van der Waals surface area contributed by atoms with Crippen molar-refractivity contribution in [2.45, 2.75) is 120 Å². The molecule has 15 nitrogen and oxygen atoms in total. The Hall–Kier alpha value is -4.47. The number of carbonyl (C=O) groups excluding carboxylic acids is 4. The maximum absolute atomic E-state index is 14.6. The summed E-state index contributed by atoms with van der Waals surface area (Å²) in [6.07, 6.45) is 5.93. The molecular formula is C38H50N6O9S. The molecule has 16 heteroatoms. The largest absolute Gasteiger partial charge is 0.497 e. The number of rotatable bonds is 7. The van der Waals surface area contributed by atoms with Crippen LogP contribution in [0.4, 0.5) is 4.79 Å². The van der Waals surface area contributed by atoms with Crippen LogP contribution in [0.2, 0.25) is 0 Å². The molecule has 1 aromatic heterocycles. The van der Waals surface area contributed by atoms with E-state index in [2.05, 4.69) is 21.9 Å². The molecule has 3 heterocycles. The van der Waals surface area contributed by atoms with Gasteiger partial charge in [-0.25, -0.2) is 23.2 Å². The maximum atomic E-state index is 14.6. The Morgan fingerprint density at radius 2 is 1.85 bits per heavy atom. The number of nitrogens with one attached hydrogen (secondary N) is 3. The zero-order valence-electron chi connectivity index (χ0n) is 31.3. The smallest absolute Gasteiger partial charge is 0.408 e. The van der Waals surface area contributed by atoms with E-state index in [0.29, 0.717) is 47.6 Å². The highest BCUT2D eigenvalue weighted by Crippen LogP contribution is 2.46. The van der Waals surface area contributed by atoms with Crippen molar-refractivity contribution >= 4 is 44.9 Å². The van der Waals surface area contributed by atoms with E-state index in [1.54, 1.807) is 13.2 Å². The molecule has 0 spiro atoms. The normalized spacial score (nSPS) is 30.3. The second-order valence-corrected chi connectivity index (χ2v) is 18.4. The number of amides is 4. The number of methoxy groups -OCH3 is 1. The summed E-state index contributed by atoms with van der Waals surface area (Å²) < 4.78 is 45.3. The minimum Gasteiger partial charge on any atom is -0.497 e. The van der Waals surface area contributed by atoms with Gasteiger partial charge in [0.2, 0.25) is 27.7 Å². The second kappa shape index (κ2) is 14.3. The number of carbonyl (C=O) groups is 4. The molecule has 292 valence electrons. The highest BCUT2D eigenvalue weighted by molar-refractivity contribution is 7.91. The van der Waals surface area contributed by atoms with Gasteiger partial charge in [0, 0.05) is 18.4 Å². The minimum absolute atomic E-state index is 0.0245. The van der Waals surface area contributed by atoms with Crippen LogP contribution in [0.3, 0.4) is 0 Å². The monoisotopic (exact) mass is 766 g/mol. The first-order valence-corrected chi connectivity index (χ1v) is 20.5. The van der Waals surface area contributed by atoms with E-state index in [1.807, 2.05) is 32.9 Å². The standard InChI is InChI=1S/C38H50N6O9S/c1-6-22-19-38(22,35(47)43-54(49,50)25-13-14-25)42-32(45)29-18-24-20-44(29)34(46)31(37(2,3)4)41-36(48)53-30-16-21(30)10-8-7-9-11-27-33(52-24)40-28-17-23(51-5)12-15-26(28)39-27/h6,12,15,17,21-22,24-25,29-31H,1,7-11,13-14,16,18-20H2,2-5H3,(H,41,48)(H,42,45)(H,43,47)/t21-,22+,24+,29-,30-,31+,38+/m0/s1. The zero-order valence-corrected chi connectivity index (χ0v) is 32.1. The third kappa shape index (κ3) is 7.85. The number of hydrogen-bond acceptors (Lipinski definition) is 11. The van der Waals surface area contributed by atoms with E-state index >= 15 is 0 Å². The molecule has 2 bridgehead atoms. The van der Waals surface area contributed by atoms with Gasteiger partial charge in [0.05, 0.1) is 29.9 Å². The molecule has 3 saturated carbocycles. The molecule has 1 aromatic carbocycles. The van der Waals surface area contributed by atoms with Crippen LogP contribution < -0.4 is 24.8 Å². The van der Waals surface area contributed by atoms with Crippen molar-refractivity contribution in [2.24, 2.45) is 17.3 Å². The number of hydrogen-bond donors (Lipinski definition) is 3. The SMILES string of the molecule is C=C[C@@H]1C[C@]1(NC(=O)[C@@H]1C[C@@H]2CN1C(=O)[C@H](C(C)(C)C)NC(=O)O[C@H]1C[C@@H]1CCCCCc1nc3ccc(OC)cc3nc1O2)C(=O)NS(=O)(=O)C1CC1. The average Bonchev–Trinajstić information content (AvgIpc) is 4.04. The van der Waals surface area contributed by atoms with E-state index in [0.717, 1.165) is 32.1 Å². The predicted octanol–water partition coefficient (Wildman–Crippen LogP) is 3.30. The van der Waals surface area contributed by atoms with E-state index < -0.39 is 74.1 Å². The van der Waals surface area contributed by atoms with Gasteiger partial charge in [0.15, 0.2) is 0 Å². The van der Waals surface area contributed by atoms with Crippen molar-refractivity contribution in [2.75, 3.05) is 13.7 Å². The Morgan fingerprint density at radius 1 is 1.07 bits per heavy atom. The quantitative estimate of drug-likeness (QED) is 0.350. The highest BCUT2D eigenvalue weighted by atomic mass is 32.2. The second-order valence-electron chi connectivity index (χ2n) is 16.5. The van der Waals surface area contributed by atoms with Gasteiger partial charge in [-0.1, -0.05) is 39.7 Å². The Kier molecular flexibility index (Phi) is 10.0. The fourth-order valence-corrected chi connectivity index (χ4v) is 9.00. The summed E-state index contributed by atoms with van der Waals surface area (Å²) in [5, 5.41) is 4.96. The molecule has 0 radical (unpaired) electrons. The predicted molar refractivity (Wildman–Crippen MR) is 197 cm³/mol. The topological polar surface area (TPSA) is 195 Å². The molecule has 3 N–H and O–H groups in total. The van der Waals surface area contributed by atoms with E-state index in [9.17, 15) is 27.6 Å². The lowest BCUT2D eigenvalue weighted by atomic mass is 9.85. The van der Waals surface area contributed by atoms with Gasteiger partial charge in [-0.2, -0.15) is 0 Å². The fraction of sp³-hybridized carbons (Fsp3) is 0.632. The Morgan fingerprint density at radius 3 is 2.54 bits per heavy atom. The third-order valence-corrected chi connectivity index (χ3v) is 13.1. The van der Waals surface area contributed by atoms with E-state index in [4.69, 9.17) is 24.2 Å². The summed E-state index contributed by atoms with van der Waals surface area (Å²) in [7, 11) is -2.33.